The molecule has 0 unspecified atom stereocenters. The summed E-state index contributed by atoms with van der Waals surface area (Å²) in [5, 5.41) is 3.44. The lowest BCUT2D eigenvalue weighted by Gasteiger charge is -2.36. The first-order valence-electron chi connectivity index (χ1n) is 9.34. The van der Waals surface area contributed by atoms with Crippen molar-refractivity contribution in [1.82, 2.24) is 10.2 Å². The number of amides is 2. The Morgan fingerprint density at radius 2 is 1.75 bits per heavy atom. The van der Waals surface area contributed by atoms with Crippen molar-refractivity contribution in [2.24, 2.45) is 0 Å². The molecule has 1 heterocycles. The normalized spacial score (nSPS) is 13.9. The standard InChI is InChI=1S/C21H25ClN4O2/c1-24(18-7-3-2-4-8-18)16-20(27)23-15-21(28)26-12-10-25(11-13-26)19-9-5-6-17(22)14-19/h2-9,14H,10-13,15-16H2,1H3,(H,23,27). The summed E-state index contributed by atoms with van der Waals surface area (Å²) in [5.74, 6) is -0.223. The molecule has 1 aliphatic rings. The van der Waals surface area contributed by atoms with Gasteiger partial charge in [-0.1, -0.05) is 35.9 Å². The molecule has 0 saturated carbocycles. The number of nitrogens with one attached hydrogen (secondary N) is 1. The maximum Gasteiger partial charge on any atom is 0.242 e. The first-order valence-corrected chi connectivity index (χ1v) is 9.72. The fourth-order valence-electron chi connectivity index (χ4n) is 3.22. The maximum atomic E-state index is 12.4. The molecule has 3 rings (SSSR count). The average Bonchev–Trinajstić information content (AvgIpc) is 2.72. The second-order valence-electron chi connectivity index (χ2n) is 6.82. The summed E-state index contributed by atoms with van der Waals surface area (Å²) in [4.78, 5) is 30.4. The fraction of sp³-hybridized carbons (Fsp3) is 0.333. The van der Waals surface area contributed by atoms with Gasteiger partial charge in [-0.05, 0) is 30.3 Å². The predicted octanol–water partition coefficient (Wildman–Crippen LogP) is 2.24. The Labute approximate surface area is 170 Å². The summed E-state index contributed by atoms with van der Waals surface area (Å²) in [6, 6.07) is 17.4. The number of halogens is 1. The van der Waals surface area contributed by atoms with Gasteiger partial charge in [0.2, 0.25) is 11.8 Å². The SMILES string of the molecule is CN(CC(=O)NCC(=O)N1CCN(c2cccc(Cl)c2)CC1)c1ccccc1. The second kappa shape index (κ2) is 9.46. The van der Waals surface area contributed by atoms with Crippen LogP contribution in [0.15, 0.2) is 54.6 Å². The smallest absolute Gasteiger partial charge is 0.242 e. The van der Waals surface area contributed by atoms with Crippen molar-refractivity contribution in [3.05, 3.63) is 59.6 Å². The molecule has 28 heavy (non-hydrogen) atoms. The molecule has 2 aromatic carbocycles. The van der Waals surface area contributed by atoms with E-state index in [0.717, 1.165) is 24.5 Å². The number of benzene rings is 2. The van der Waals surface area contributed by atoms with E-state index in [9.17, 15) is 9.59 Å². The van der Waals surface area contributed by atoms with Crippen LogP contribution >= 0.6 is 11.6 Å². The zero-order chi connectivity index (χ0) is 19.9. The molecular formula is C21H25ClN4O2. The number of hydrogen-bond donors (Lipinski definition) is 1. The van der Waals surface area contributed by atoms with E-state index >= 15 is 0 Å². The Balaban J connectivity index is 1.41. The second-order valence-corrected chi connectivity index (χ2v) is 7.25. The van der Waals surface area contributed by atoms with Crippen molar-refractivity contribution in [1.29, 1.82) is 0 Å². The third kappa shape index (κ3) is 5.39. The van der Waals surface area contributed by atoms with Crippen LogP contribution in [0.2, 0.25) is 5.02 Å². The van der Waals surface area contributed by atoms with Gasteiger partial charge in [0, 0.05) is 49.6 Å². The summed E-state index contributed by atoms with van der Waals surface area (Å²) >= 11 is 6.05. The molecule has 0 bridgehead atoms. The van der Waals surface area contributed by atoms with Crippen molar-refractivity contribution in [3.8, 4) is 0 Å². The van der Waals surface area contributed by atoms with Crippen LogP contribution in [0.1, 0.15) is 0 Å². The number of carbonyl (C=O) groups excluding carboxylic acids is 2. The van der Waals surface area contributed by atoms with Crippen LogP contribution in [0.4, 0.5) is 11.4 Å². The highest BCUT2D eigenvalue weighted by atomic mass is 35.5. The molecule has 0 atom stereocenters. The van der Waals surface area contributed by atoms with Gasteiger partial charge < -0.3 is 20.0 Å². The number of rotatable bonds is 6. The minimum atomic E-state index is -0.169. The summed E-state index contributed by atoms with van der Waals surface area (Å²) in [5.41, 5.74) is 2.03. The quantitative estimate of drug-likeness (QED) is 0.808. The summed E-state index contributed by atoms with van der Waals surface area (Å²) in [6.45, 7) is 2.99. The van der Waals surface area contributed by atoms with Gasteiger partial charge in [0.25, 0.3) is 0 Å². The first-order chi connectivity index (χ1) is 13.5. The zero-order valence-electron chi connectivity index (χ0n) is 16.0. The largest absolute Gasteiger partial charge is 0.368 e. The number of hydrogen-bond acceptors (Lipinski definition) is 4. The van der Waals surface area contributed by atoms with Gasteiger partial charge in [0.15, 0.2) is 0 Å². The minimum absolute atomic E-state index is 0.0264. The molecule has 1 aliphatic heterocycles. The van der Waals surface area contributed by atoms with Gasteiger partial charge >= 0.3 is 0 Å². The Hall–Kier alpha value is -2.73. The highest BCUT2D eigenvalue weighted by Gasteiger charge is 2.21. The molecule has 148 valence electrons. The van der Waals surface area contributed by atoms with E-state index in [0.29, 0.717) is 18.1 Å². The van der Waals surface area contributed by atoms with E-state index in [2.05, 4.69) is 10.2 Å². The van der Waals surface area contributed by atoms with Crippen LogP contribution in [0.3, 0.4) is 0 Å². The Morgan fingerprint density at radius 3 is 2.43 bits per heavy atom. The lowest BCUT2D eigenvalue weighted by atomic mass is 10.2. The molecule has 2 amide bonds. The Bertz CT molecular complexity index is 807. The van der Waals surface area contributed by atoms with E-state index in [1.807, 2.05) is 66.5 Å². The van der Waals surface area contributed by atoms with Crippen molar-refractivity contribution in [2.45, 2.75) is 0 Å². The fourth-order valence-corrected chi connectivity index (χ4v) is 3.40. The lowest BCUT2D eigenvalue weighted by Crippen LogP contribution is -2.51. The summed E-state index contributed by atoms with van der Waals surface area (Å²) < 4.78 is 0. The number of piperazine rings is 1. The predicted molar refractivity (Wildman–Crippen MR) is 113 cm³/mol. The van der Waals surface area contributed by atoms with E-state index in [4.69, 9.17) is 11.6 Å². The average molecular weight is 401 g/mol. The maximum absolute atomic E-state index is 12.4. The van der Waals surface area contributed by atoms with E-state index in [1.165, 1.54) is 0 Å². The van der Waals surface area contributed by atoms with Crippen molar-refractivity contribution in [2.75, 3.05) is 56.1 Å². The Kier molecular flexibility index (Phi) is 6.76. The molecule has 0 aliphatic carbocycles. The highest BCUT2D eigenvalue weighted by molar-refractivity contribution is 6.30. The number of para-hydroxylation sites is 1. The van der Waals surface area contributed by atoms with Crippen LogP contribution in [0.25, 0.3) is 0 Å². The molecule has 0 spiro atoms. The van der Waals surface area contributed by atoms with Gasteiger partial charge in [0.1, 0.15) is 0 Å². The van der Waals surface area contributed by atoms with Crippen LogP contribution in [-0.4, -0.2) is 63.0 Å². The van der Waals surface area contributed by atoms with Crippen LogP contribution in [-0.2, 0) is 9.59 Å². The highest BCUT2D eigenvalue weighted by Crippen LogP contribution is 2.20. The molecule has 1 fully saturated rings. The first kappa shape index (κ1) is 20.0. The van der Waals surface area contributed by atoms with Crippen LogP contribution in [0, 0.1) is 0 Å². The van der Waals surface area contributed by atoms with E-state index < -0.39 is 0 Å². The number of anilines is 2. The topological polar surface area (TPSA) is 55.9 Å². The van der Waals surface area contributed by atoms with Crippen LogP contribution in [0.5, 0.6) is 0 Å². The summed E-state index contributed by atoms with van der Waals surface area (Å²) in [6.07, 6.45) is 0. The molecule has 7 heteroatoms. The third-order valence-corrected chi connectivity index (χ3v) is 5.06. The Morgan fingerprint density at radius 1 is 1.04 bits per heavy atom. The summed E-state index contributed by atoms with van der Waals surface area (Å²) in [7, 11) is 1.85. The van der Waals surface area contributed by atoms with Crippen LogP contribution < -0.4 is 15.1 Å². The van der Waals surface area contributed by atoms with Crippen molar-refractivity contribution >= 4 is 34.8 Å². The number of likely N-dealkylation sites (N-methyl/N-ethyl adjacent to an activating group) is 1. The van der Waals surface area contributed by atoms with Crippen molar-refractivity contribution < 1.29 is 9.59 Å². The van der Waals surface area contributed by atoms with Gasteiger partial charge in [-0.3, -0.25) is 9.59 Å². The number of nitrogens with zero attached hydrogens (tertiary/aromatic N) is 3. The third-order valence-electron chi connectivity index (χ3n) is 4.82. The van der Waals surface area contributed by atoms with Gasteiger partial charge in [-0.2, -0.15) is 0 Å². The molecular weight excluding hydrogens is 376 g/mol. The van der Waals surface area contributed by atoms with Crippen molar-refractivity contribution in [3.63, 3.8) is 0 Å². The molecule has 2 aromatic rings. The molecule has 1 saturated heterocycles. The molecule has 0 radical (unpaired) electrons. The number of carbonyl (C=O) groups is 2. The minimum Gasteiger partial charge on any atom is -0.368 e. The lowest BCUT2D eigenvalue weighted by molar-refractivity contribution is -0.132. The molecule has 1 N–H and O–H groups in total. The molecule has 6 nitrogen and oxygen atoms in total. The monoisotopic (exact) mass is 400 g/mol. The molecule has 0 aromatic heterocycles. The zero-order valence-corrected chi connectivity index (χ0v) is 16.7. The van der Waals surface area contributed by atoms with Gasteiger partial charge in [-0.25, -0.2) is 0 Å². The van der Waals surface area contributed by atoms with E-state index in [1.54, 1.807) is 4.90 Å². The van der Waals surface area contributed by atoms with Gasteiger partial charge in [-0.15, -0.1) is 0 Å². The van der Waals surface area contributed by atoms with E-state index in [-0.39, 0.29) is 24.9 Å². The van der Waals surface area contributed by atoms with Gasteiger partial charge in [0.05, 0.1) is 13.1 Å².